The van der Waals surface area contributed by atoms with Crippen LogP contribution in [0.1, 0.15) is 46.1 Å². The van der Waals surface area contributed by atoms with E-state index in [9.17, 15) is 19.5 Å². The minimum absolute atomic E-state index is 0.0878. The van der Waals surface area contributed by atoms with Crippen molar-refractivity contribution in [2.75, 3.05) is 25.1 Å². The summed E-state index contributed by atoms with van der Waals surface area (Å²) in [5.74, 6) is -0.607. The number of carbonyl (C=O) groups excluding carboxylic acids is 3. The molecule has 1 aliphatic rings. The number of nitrogens with two attached hydrogens (primary N) is 1. The van der Waals surface area contributed by atoms with Crippen molar-refractivity contribution in [1.82, 2.24) is 10.6 Å². The normalized spacial score (nSPS) is 17.4. The van der Waals surface area contributed by atoms with Crippen LogP contribution in [0.4, 0.5) is 10.5 Å². The molecule has 5 N–H and O–H groups in total. The van der Waals surface area contributed by atoms with Gasteiger partial charge in [-0.25, -0.2) is 4.79 Å². The monoisotopic (exact) mass is 487 g/mol. The molecule has 1 unspecified atom stereocenters. The highest BCUT2D eigenvalue weighted by Gasteiger charge is 2.34. The number of nitrogens with zero attached hydrogens (tertiary/aromatic N) is 2. The van der Waals surface area contributed by atoms with Crippen LogP contribution in [0.2, 0.25) is 0 Å². The maximum absolute atomic E-state index is 13.4. The highest BCUT2D eigenvalue weighted by molar-refractivity contribution is 5.95. The lowest BCUT2D eigenvalue weighted by Crippen LogP contribution is -2.51. The minimum Gasteiger partial charge on any atom is -0.453 e. The fourth-order valence-corrected chi connectivity index (χ4v) is 4.13. The van der Waals surface area contributed by atoms with Crippen LogP contribution >= 0.6 is 0 Å². The molecule has 3 atom stereocenters. The summed E-state index contributed by atoms with van der Waals surface area (Å²) in [6, 6.07) is 8.51. The van der Waals surface area contributed by atoms with Crippen molar-refractivity contribution in [3.63, 3.8) is 0 Å². The van der Waals surface area contributed by atoms with Gasteiger partial charge in [-0.2, -0.15) is 5.26 Å². The lowest BCUT2D eigenvalue weighted by molar-refractivity contribution is -0.127. The van der Waals surface area contributed by atoms with E-state index in [1.54, 1.807) is 4.90 Å². The summed E-state index contributed by atoms with van der Waals surface area (Å²) >= 11 is 0. The van der Waals surface area contributed by atoms with Gasteiger partial charge in [0.2, 0.25) is 11.8 Å². The molecule has 1 aliphatic heterocycles. The summed E-state index contributed by atoms with van der Waals surface area (Å²) in [5.41, 5.74) is 6.21. The van der Waals surface area contributed by atoms with Gasteiger partial charge in [-0.05, 0) is 43.7 Å². The number of para-hydroxylation sites is 1. The molecule has 1 aromatic rings. The van der Waals surface area contributed by atoms with Crippen molar-refractivity contribution in [3.8, 4) is 6.07 Å². The Bertz CT molecular complexity index is 971. The first-order valence-electron chi connectivity index (χ1n) is 11.7. The fourth-order valence-electron chi connectivity index (χ4n) is 4.13. The van der Waals surface area contributed by atoms with Crippen molar-refractivity contribution >= 4 is 23.6 Å². The zero-order valence-corrected chi connectivity index (χ0v) is 21.1. The van der Waals surface area contributed by atoms with Crippen LogP contribution in [0.3, 0.4) is 0 Å². The first kappa shape index (κ1) is 28.1. The van der Waals surface area contributed by atoms with Crippen molar-refractivity contribution in [1.29, 1.82) is 5.26 Å². The molecule has 10 nitrogen and oxygen atoms in total. The number of alkyl carbamates (subject to hydrolysis) is 1. The maximum atomic E-state index is 13.4. The highest BCUT2D eigenvalue weighted by Crippen LogP contribution is 2.32. The second-order valence-electron chi connectivity index (χ2n) is 10.4. The molecule has 192 valence electrons. The van der Waals surface area contributed by atoms with E-state index in [4.69, 9.17) is 15.7 Å². The topological polar surface area (TPSA) is 158 Å². The molecule has 10 heteroatoms. The Hall–Kier alpha value is -3.16. The van der Waals surface area contributed by atoms with E-state index in [0.717, 1.165) is 11.3 Å². The Morgan fingerprint density at radius 1 is 1.29 bits per heavy atom. The van der Waals surface area contributed by atoms with Gasteiger partial charge >= 0.3 is 6.09 Å². The third-order valence-corrected chi connectivity index (χ3v) is 6.19. The highest BCUT2D eigenvalue weighted by atomic mass is 16.5. The smallest absolute Gasteiger partial charge is 0.407 e. The number of ether oxygens (including phenoxy) is 1. The Labute approximate surface area is 206 Å². The Morgan fingerprint density at radius 2 is 1.94 bits per heavy atom. The van der Waals surface area contributed by atoms with E-state index in [1.165, 1.54) is 21.0 Å². The van der Waals surface area contributed by atoms with Gasteiger partial charge in [0.25, 0.3) is 0 Å². The average Bonchev–Trinajstić information content (AvgIpc) is 2.80. The number of nitriles is 1. The third-order valence-electron chi connectivity index (χ3n) is 6.19. The first-order valence-corrected chi connectivity index (χ1v) is 11.7. The molecular formula is C25H37N5O5. The number of anilines is 1. The molecular weight excluding hydrogens is 450 g/mol. The molecule has 0 bridgehead atoms. The lowest BCUT2D eigenvalue weighted by Gasteiger charge is -2.37. The van der Waals surface area contributed by atoms with Crippen LogP contribution < -0.4 is 21.3 Å². The van der Waals surface area contributed by atoms with Gasteiger partial charge in [-0.3, -0.25) is 9.59 Å². The summed E-state index contributed by atoms with van der Waals surface area (Å²) in [6.45, 7) is 7.01. The van der Waals surface area contributed by atoms with E-state index in [2.05, 4.69) is 10.6 Å². The largest absolute Gasteiger partial charge is 0.453 e. The molecule has 0 spiro atoms. The van der Waals surface area contributed by atoms with E-state index in [0.29, 0.717) is 19.4 Å². The lowest BCUT2D eigenvalue weighted by atomic mass is 9.80. The number of nitrogens with one attached hydrogen (secondary N) is 2. The van der Waals surface area contributed by atoms with Crippen LogP contribution in [-0.2, 0) is 20.7 Å². The van der Waals surface area contributed by atoms with Gasteiger partial charge in [0.05, 0.1) is 25.3 Å². The van der Waals surface area contributed by atoms with E-state index in [1.807, 2.05) is 44.2 Å². The van der Waals surface area contributed by atoms with Gasteiger partial charge in [0.15, 0.2) is 0 Å². The predicted octanol–water partition coefficient (Wildman–Crippen LogP) is 1.46. The van der Waals surface area contributed by atoms with Crippen molar-refractivity contribution in [2.24, 2.45) is 16.6 Å². The second kappa shape index (κ2) is 11.5. The van der Waals surface area contributed by atoms with Crippen molar-refractivity contribution in [3.05, 3.63) is 29.8 Å². The molecule has 0 fully saturated rings. The average molecular weight is 488 g/mol. The number of rotatable bonds is 9. The standard InChI is InChI=1S/C25H37N5O5/c1-24(2,11-18(27)20(31)13-28-22(33)25(3,4)15-26)12-21(32)30-14-17(29-23(34)35-5)10-16-8-6-7-9-19(16)30/h6-9,17-18,20,31H,10-14,27H2,1-5H3,(H,28,33)(H,29,34)/t17?,18-,20-/m0/s1. The molecule has 0 saturated heterocycles. The van der Waals surface area contributed by atoms with Crippen LogP contribution in [0, 0.1) is 22.2 Å². The number of hydrogen-bond acceptors (Lipinski definition) is 7. The molecule has 0 aromatic heterocycles. The molecule has 3 amide bonds. The number of aliphatic hydroxyl groups is 1. The summed E-state index contributed by atoms with van der Waals surface area (Å²) in [6.07, 6.45) is -0.499. The van der Waals surface area contributed by atoms with E-state index < -0.39 is 35.0 Å². The van der Waals surface area contributed by atoms with Gasteiger partial charge in [-0.15, -0.1) is 0 Å². The molecule has 1 aromatic carbocycles. The van der Waals surface area contributed by atoms with Gasteiger partial charge < -0.3 is 31.1 Å². The van der Waals surface area contributed by atoms with Crippen LogP contribution in [-0.4, -0.2) is 61.4 Å². The molecule has 1 heterocycles. The Balaban J connectivity index is 2.03. The van der Waals surface area contributed by atoms with Gasteiger partial charge in [0.1, 0.15) is 5.41 Å². The summed E-state index contributed by atoms with van der Waals surface area (Å²) in [7, 11) is 1.30. The number of amides is 3. The number of fused-ring (bicyclic) bond motifs is 1. The molecule has 0 saturated carbocycles. The van der Waals surface area contributed by atoms with E-state index >= 15 is 0 Å². The first-order chi connectivity index (χ1) is 16.3. The molecule has 0 radical (unpaired) electrons. The summed E-state index contributed by atoms with van der Waals surface area (Å²) < 4.78 is 4.71. The van der Waals surface area contributed by atoms with Crippen molar-refractivity contribution in [2.45, 2.75) is 65.1 Å². The molecule has 35 heavy (non-hydrogen) atoms. The van der Waals surface area contributed by atoms with Crippen LogP contribution in [0.5, 0.6) is 0 Å². The predicted molar refractivity (Wildman–Crippen MR) is 131 cm³/mol. The third kappa shape index (κ3) is 7.67. The quantitative estimate of drug-likeness (QED) is 0.410. The number of aliphatic hydroxyl groups excluding tert-OH is 1. The zero-order chi connectivity index (χ0) is 26.4. The second-order valence-corrected chi connectivity index (χ2v) is 10.4. The van der Waals surface area contributed by atoms with Crippen LogP contribution in [0.15, 0.2) is 24.3 Å². The number of benzene rings is 1. The Morgan fingerprint density at radius 3 is 2.57 bits per heavy atom. The molecule has 0 aliphatic carbocycles. The number of hydrogen-bond donors (Lipinski definition) is 4. The molecule has 2 rings (SSSR count). The Kier molecular flexibility index (Phi) is 9.24. The fraction of sp³-hybridized carbons (Fsp3) is 0.600. The maximum Gasteiger partial charge on any atom is 0.407 e. The summed E-state index contributed by atoms with van der Waals surface area (Å²) in [5, 5.41) is 24.8. The SMILES string of the molecule is COC(=O)NC1Cc2ccccc2N(C(=O)CC(C)(C)C[C@H](N)[C@@H](O)CNC(=O)C(C)(C)C#N)C1. The van der Waals surface area contributed by atoms with E-state index in [-0.39, 0.29) is 24.9 Å². The van der Waals surface area contributed by atoms with Crippen molar-refractivity contribution < 1.29 is 24.2 Å². The minimum atomic E-state index is -1.21. The summed E-state index contributed by atoms with van der Waals surface area (Å²) in [4.78, 5) is 38.9. The van der Waals surface area contributed by atoms with Gasteiger partial charge in [-0.1, -0.05) is 32.0 Å². The van der Waals surface area contributed by atoms with Gasteiger partial charge in [0, 0.05) is 31.2 Å². The zero-order valence-electron chi connectivity index (χ0n) is 21.1. The number of methoxy groups -OCH3 is 1. The van der Waals surface area contributed by atoms with Crippen LogP contribution in [0.25, 0.3) is 0 Å². The number of carbonyl (C=O) groups is 3.